The predicted molar refractivity (Wildman–Crippen MR) is 330 cm³/mol. The number of hydrazone groups is 4. The lowest BCUT2D eigenvalue weighted by molar-refractivity contribution is 0.437. The molecule has 0 fully saturated rings. The van der Waals surface area contributed by atoms with Gasteiger partial charge in [-0.1, -0.05) is 171 Å². The quantitative estimate of drug-likeness (QED) is 0.0829. The number of rotatable bonds is 16. The summed E-state index contributed by atoms with van der Waals surface area (Å²) in [6.07, 6.45) is 8.62. The second-order valence-corrected chi connectivity index (χ2v) is 16.9. The highest BCUT2D eigenvalue weighted by molar-refractivity contribution is 6.01. The SMILES string of the molecule is CC.CC.CC.CC.CCc1cc(CC)cc(/C(C)=N/N(C)C)c1.CCc1ccc(/C(C)=N/N(C)C)c(CC)c1.CCc1ccc(/C(C)=N/N(C)C)c(CC)c1.CCc1cccc(/C(C)=N/N(C)C)c1CC. The van der Waals surface area contributed by atoms with Crippen molar-refractivity contribution < 1.29 is 0 Å². The Labute approximate surface area is 447 Å². The van der Waals surface area contributed by atoms with Gasteiger partial charge in [-0.2, -0.15) is 20.4 Å². The molecule has 0 bridgehead atoms. The van der Waals surface area contributed by atoms with Crippen LogP contribution < -0.4 is 0 Å². The van der Waals surface area contributed by atoms with Crippen molar-refractivity contribution in [1.82, 2.24) is 20.0 Å². The summed E-state index contributed by atoms with van der Waals surface area (Å²) in [6.45, 7) is 41.8. The van der Waals surface area contributed by atoms with Gasteiger partial charge in [0, 0.05) is 73.1 Å². The van der Waals surface area contributed by atoms with E-state index in [0.717, 1.165) is 74.2 Å². The lowest BCUT2D eigenvalue weighted by Gasteiger charge is -2.14. The fourth-order valence-electron chi connectivity index (χ4n) is 7.55. The molecule has 0 aliphatic heterocycles. The first-order valence-corrected chi connectivity index (χ1v) is 27.7. The van der Waals surface area contributed by atoms with E-state index in [9.17, 15) is 0 Å². The van der Waals surface area contributed by atoms with Gasteiger partial charge in [0.05, 0.1) is 22.8 Å². The zero-order valence-corrected chi connectivity index (χ0v) is 52.2. The van der Waals surface area contributed by atoms with Gasteiger partial charge in [-0.25, -0.2) is 0 Å². The monoisotopic (exact) mass is 993 g/mol. The van der Waals surface area contributed by atoms with E-state index in [0.29, 0.717) is 0 Å². The van der Waals surface area contributed by atoms with Gasteiger partial charge in [0.2, 0.25) is 0 Å². The van der Waals surface area contributed by atoms with Gasteiger partial charge in [0.1, 0.15) is 0 Å². The van der Waals surface area contributed by atoms with E-state index < -0.39 is 0 Å². The van der Waals surface area contributed by atoms with Crippen molar-refractivity contribution in [3.05, 3.63) is 140 Å². The van der Waals surface area contributed by atoms with E-state index in [1.807, 2.05) is 132 Å². The van der Waals surface area contributed by atoms with Crippen LogP contribution in [0.2, 0.25) is 0 Å². The molecule has 4 rings (SSSR count). The Morgan fingerprint density at radius 1 is 0.319 bits per heavy atom. The first kappa shape index (κ1) is 73.3. The second kappa shape index (κ2) is 44.5. The lowest BCUT2D eigenvalue weighted by Crippen LogP contribution is -2.10. The molecule has 0 saturated carbocycles. The van der Waals surface area contributed by atoms with Gasteiger partial charge in [-0.05, 0) is 141 Å². The van der Waals surface area contributed by atoms with Crippen molar-refractivity contribution in [2.75, 3.05) is 56.4 Å². The second-order valence-electron chi connectivity index (χ2n) is 16.9. The van der Waals surface area contributed by atoms with Gasteiger partial charge in [0.25, 0.3) is 0 Å². The van der Waals surface area contributed by atoms with Crippen LogP contribution in [0, 0.1) is 0 Å². The molecule has 0 radical (unpaired) electrons. The number of hydrogen-bond donors (Lipinski definition) is 0. The van der Waals surface area contributed by atoms with Crippen LogP contribution >= 0.6 is 0 Å². The minimum Gasteiger partial charge on any atom is -0.303 e. The van der Waals surface area contributed by atoms with Crippen LogP contribution in [0.15, 0.2) is 93.2 Å². The maximum absolute atomic E-state index is 4.48. The molecular formula is C64H112N8. The Balaban J connectivity index is -0.000000408. The van der Waals surface area contributed by atoms with E-state index in [1.165, 1.54) is 66.8 Å². The Kier molecular flexibility index (Phi) is 45.3. The Morgan fingerprint density at radius 2 is 0.639 bits per heavy atom. The average molecular weight is 994 g/mol. The molecule has 0 spiro atoms. The van der Waals surface area contributed by atoms with Crippen molar-refractivity contribution >= 4 is 22.8 Å². The summed E-state index contributed by atoms with van der Waals surface area (Å²) in [4.78, 5) is 0. The molecule has 0 N–H and O–H groups in total. The lowest BCUT2D eigenvalue weighted by atomic mass is 9.95. The number of aryl methyl sites for hydroxylation is 7. The maximum atomic E-state index is 4.48. The molecule has 0 amide bonds. The summed E-state index contributed by atoms with van der Waals surface area (Å²) in [5.74, 6) is 0. The third-order valence-corrected chi connectivity index (χ3v) is 10.8. The molecule has 0 unspecified atom stereocenters. The van der Waals surface area contributed by atoms with Crippen molar-refractivity contribution in [2.45, 2.75) is 190 Å². The van der Waals surface area contributed by atoms with Gasteiger partial charge in [-0.3, -0.25) is 0 Å². The van der Waals surface area contributed by atoms with Crippen molar-refractivity contribution in [1.29, 1.82) is 0 Å². The fraction of sp³-hybridized carbons (Fsp3) is 0.562. The summed E-state index contributed by atoms with van der Waals surface area (Å²) in [7, 11) is 15.6. The number of hydrogen-bond acceptors (Lipinski definition) is 8. The Bertz CT molecular complexity index is 2020. The molecule has 0 aliphatic carbocycles. The van der Waals surface area contributed by atoms with Gasteiger partial charge in [-0.15, -0.1) is 0 Å². The first-order valence-electron chi connectivity index (χ1n) is 27.7. The third-order valence-electron chi connectivity index (χ3n) is 10.8. The van der Waals surface area contributed by atoms with Crippen molar-refractivity contribution in [3.8, 4) is 0 Å². The average Bonchev–Trinajstić information content (AvgIpc) is 3.39. The highest BCUT2D eigenvalue weighted by Crippen LogP contribution is 2.19. The molecule has 8 heteroatoms. The summed E-state index contributed by atoms with van der Waals surface area (Å²) < 4.78 is 0. The van der Waals surface area contributed by atoms with Gasteiger partial charge >= 0.3 is 0 Å². The van der Waals surface area contributed by atoms with E-state index in [2.05, 4.69) is 176 Å². The first-order chi connectivity index (χ1) is 34.3. The molecule has 0 aliphatic rings. The standard InChI is InChI=1S/4C14H22N2.4C2H6/c1-6-12-8-13(7-2)10-14(9-12)11(3)15-16(4)5;2*1-6-12-8-9-14(13(7-2)10-12)11(3)15-16(4)5;1-6-12-9-8-10-14(13(12)7-2)11(3)15-16(4)5;4*1-2/h4*8-10H,6-7H2,1-5H3;4*1-2H3/b4*15-11+;;;;. The zero-order valence-electron chi connectivity index (χ0n) is 52.2. The molecule has 8 nitrogen and oxygen atoms in total. The molecule has 0 atom stereocenters. The Morgan fingerprint density at radius 3 is 0.931 bits per heavy atom. The topological polar surface area (TPSA) is 62.4 Å². The van der Waals surface area contributed by atoms with Crippen LogP contribution in [-0.2, 0) is 51.4 Å². The van der Waals surface area contributed by atoms with Gasteiger partial charge < -0.3 is 20.0 Å². The summed E-state index contributed by atoms with van der Waals surface area (Å²) in [5, 5.41) is 25.3. The summed E-state index contributed by atoms with van der Waals surface area (Å²) in [6, 6.07) is 26.6. The highest BCUT2D eigenvalue weighted by Gasteiger charge is 2.09. The van der Waals surface area contributed by atoms with E-state index in [-0.39, 0.29) is 0 Å². The molecule has 408 valence electrons. The van der Waals surface area contributed by atoms with Crippen LogP contribution in [-0.4, -0.2) is 99.3 Å². The number of benzene rings is 4. The zero-order chi connectivity index (χ0) is 56.5. The van der Waals surface area contributed by atoms with E-state index in [1.54, 1.807) is 0 Å². The molecule has 0 saturated heterocycles. The molecular weight excluding hydrogens is 881 g/mol. The van der Waals surface area contributed by atoms with E-state index in [4.69, 9.17) is 0 Å². The van der Waals surface area contributed by atoms with Crippen molar-refractivity contribution in [2.24, 2.45) is 20.4 Å². The van der Waals surface area contributed by atoms with E-state index >= 15 is 0 Å². The summed E-state index contributed by atoms with van der Waals surface area (Å²) in [5.41, 5.74) is 20.7. The molecule has 0 heterocycles. The minimum atomic E-state index is 1.06. The van der Waals surface area contributed by atoms with Crippen LogP contribution in [0.1, 0.15) is 205 Å². The third kappa shape index (κ3) is 29.3. The van der Waals surface area contributed by atoms with Crippen molar-refractivity contribution in [3.63, 3.8) is 0 Å². The molecule has 4 aromatic rings. The maximum Gasteiger partial charge on any atom is 0.0649 e. The predicted octanol–water partition coefficient (Wildman–Crippen LogP) is 16.5. The van der Waals surface area contributed by atoms with Crippen LogP contribution in [0.4, 0.5) is 0 Å². The van der Waals surface area contributed by atoms with Crippen LogP contribution in [0.3, 0.4) is 0 Å². The fourth-order valence-corrected chi connectivity index (χ4v) is 7.55. The van der Waals surface area contributed by atoms with Crippen LogP contribution in [0.25, 0.3) is 0 Å². The van der Waals surface area contributed by atoms with Crippen LogP contribution in [0.5, 0.6) is 0 Å². The normalized spacial score (nSPS) is 10.7. The Hall–Kier alpha value is -5.24. The summed E-state index contributed by atoms with van der Waals surface area (Å²) >= 11 is 0. The molecule has 72 heavy (non-hydrogen) atoms. The molecule has 4 aromatic carbocycles. The van der Waals surface area contributed by atoms with Gasteiger partial charge in [0.15, 0.2) is 0 Å². The smallest absolute Gasteiger partial charge is 0.0649 e. The molecule has 0 aromatic heterocycles. The largest absolute Gasteiger partial charge is 0.303 e. The minimum absolute atomic E-state index is 1.06. The number of nitrogens with zero attached hydrogens (tertiary/aromatic N) is 8. The highest BCUT2D eigenvalue weighted by atomic mass is 15.4.